The lowest BCUT2D eigenvalue weighted by molar-refractivity contribution is 0.714. The van der Waals surface area contributed by atoms with E-state index in [0.717, 1.165) is 64.2 Å². The van der Waals surface area contributed by atoms with Crippen LogP contribution in [0.15, 0.2) is 24.3 Å². The van der Waals surface area contributed by atoms with Gasteiger partial charge in [0.1, 0.15) is 6.42 Å². The molecule has 0 aromatic rings. The summed E-state index contributed by atoms with van der Waals surface area (Å²) in [5.41, 5.74) is 1.50. The van der Waals surface area contributed by atoms with E-state index in [0.29, 0.717) is 0 Å². The van der Waals surface area contributed by atoms with Gasteiger partial charge in [0.2, 0.25) is 0 Å². The predicted octanol–water partition coefficient (Wildman–Crippen LogP) is 7.67. The van der Waals surface area contributed by atoms with E-state index in [1.54, 1.807) is 5.92 Å². The monoisotopic (exact) mass is 326 g/mol. The molecule has 134 valence electrons. The zero-order chi connectivity index (χ0) is 17.9. The van der Waals surface area contributed by atoms with Crippen LogP contribution in [0.3, 0.4) is 0 Å². The largest absolute Gasteiger partial charge is 0.285 e. The van der Waals surface area contributed by atoms with Crippen molar-refractivity contribution in [1.29, 1.82) is 0 Å². The van der Waals surface area contributed by atoms with Crippen LogP contribution in [0, 0.1) is 52.4 Å². The minimum absolute atomic E-state index is 0.895. The van der Waals surface area contributed by atoms with Gasteiger partial charge in [-0.2, -0.15) is 19.3 Å². The van der Waals surface area contributed by atoms with Crippen LogP contribution in [0.25, 0.3) is 0 Å². The molecule has 0 unspecified atom stereocenters. The van der Waals surface area contributed by atoms with Gasteiger partial charge in [-0.1, -0.05) is 12.5 Å². The van der Waals surface area contributed by atoms with Crippen molar-refractivity contribution in [3.63, 3.8) is 0 Å². The molecule has 0 saturated carbocycles. The van der Waals surface area contributed by atoms with Crippen LogP contribution >= 0.6 is 0 Å². The van der Waals surface area contributed by atoms with Gasteiger partial charge in [0, 0.05) is 19.8 Å². The Morgan fingerprint density at radius 2 is 1.54 bits per heavy atom. The van der Waals surface area contributed by atoms with Crippen LogP contribution in [0.5, 0.6) is 0 Å². The van der Waals surface area contributed by atoms with E-state index in [1.807, 2.05) is 6.08 Å². The first kappa shape index (κ1) is 23.0. The minimum Gasteiger partial charge on any atom is -0.285 e. The molecule has 0 bridgehead atoms. The molecular weight excluding hydrogens is 288 g/mol. The summed E-state index contributed by atoms with van der Waals surface area (Å²) < 4.78 is 0. The number of hydrogen-bond donors (Lipinski definition) is 0. The van der Waals surface area contributed by atoms with E-state index in [2.05, 4.69) is 59.1 Å². The van der Waals surface area contributed by atoms with E-state index in [4.69, 9.17) is 0 Å². The molecule has 0 aliphatic rings. The predicted molar refractivity (Wildman–Crippen MR) is 110 cm³/mol. The molecule has 0 aliphatic carbocycles. The van der Waals surface area contributed by atoms with E-state index in [-0.39, 0.29) is 0 Å². The minimum atomic E-state index is 0.895. The molecule has 0 amide bonds. The van der Waals surface area contributed by atoms with Gasteiger partial charge in [-0.25, -0.2) is 0 Å². The van der Waals surface area contributed by atoms with Crippen LogP contribution in [0.2, 0.25) is 0 Å². The Hall–Kier alpha value is -1.04. The summed E-state index contributed by atoms with van der Waals surface area (Å²) in [6.45, 7) is 15.5. The van der Waals surface area contributed by atoms with Gasteiger partial charge in [0.15, 0.2) is 0 Å². The smallest absolute Gasteiger partial charge is 0.102 e. The second-order valence-corrected chi connectivity index (χ2v) is 6.23. The normalized spacial score (nSPS) is 10.5. The summed E-state index contributed by atoms with van der Waals surface area (Å²) in [5, 5.41) is 0. The molecule has 0 fully saturated rings. The van der Waals surface area contributed by atoms with Gasteiger partial charge in [0.25, 0.3) is 0 Å². The van der Waals surface area contributed by atoms with Gasteiger partial charge in [-0.3, -0.25) is 25.7 Å². The molecular formula is C24H38. The number of rotatable bonds is 18. The van der Waals surface area contributed by atoms with Crippen molar-refractivity contribution in [3.05, 3.63) is 76.7 Å². The third kappa shape index (κ3) is 14.5. The van der Waals surface area contributed by atoms with E-state index >= 15 is 0 Å². The molecule has 0 radical (unpaired) electrons. The third-order valence-electron chi connectivity index (χ3n) is 3.99. The van der Waals surface area contributed by atoms with Gasteiger partial charge < -0.3 is 0 Å². The Balaban J connectivity index is 4.37. The highest BCUT2D eigenvalue weighted by molar-refractivity contribution is 5.13. The fraction of sp³-hybridized carbons (Fsp3) is 0.500. The van der Waals surface area contributed by atoms with Crippen molar-refractivity contribution < 1.29 is 0 Å². The van der Waals surface area contributed by atoms with Crippen LogP contribution in [-0.2, 0) is 0 Å². The van der Waals surface area contributed by atoms with Crippen molar-refractivity contribution >= 4 is 0 Å². The van der Waals surface area contributed by atoms with E-state index in [1.165, 1.54) is 18.4 Å². The van der Waals surface area contributed by atoms with Crippen molar-refractivity contribution in [2.75, 3.05) is 0 Å². The zero-order valence-corrected chi connectivity index (χ0v) is 15.8. The Bertz CT molecular complexity index is 276. The van der Waals surface area contributed by atoms with Crippen LogP contribution in [0.4, 0.5) is 0 Å². The fourth-order valence-corrected chi connectivity index (χ4v) is 2.53. The topological polar surface area (TPSA) is 0 Å². The lowest BCUT2D eigenvalue weighted by Gasteiger charge is -2.19. The first-order valence-electron chi connectivity index (χ1n) is 9.55. The van der Waals surface area contributed by atoms with Gasteiger partial charge >= 0.3 is 0 Å². The molecule has 0 spiro atoms. The highest BCUT2D eigenvalue weighted by atomic mass is 14.1. The molecule has 0 nitrogen and oxygen atoms in total. The Kier molecular flexibility index (Phi) is 17.5. The molecule has 0 saturated heterocycles. The van der Waals surface area contributed by atoms with Crippen LogP contribution in [-0.4, -0.2) is 0 Å². The maximum atomic E-state index is 3.93. The summed E-state index contributed by atoms with van der Waals surface area (Å²) in [6.07, 6.45) is 26.7. The number of allylic oxidation sites excluding steroid dienone is 3. The molecule has 0 aromatic heterocycles. The fourth-order valence-electron chi connectivity index (χ4n) is 2.53. The van der Waals surface area contributed by atoms with Crippen LogP contribution < -0.4 is 0 Å². The van der Waals surface area contributed by atoms with Crippen molar-refractivity contribution in [1.82, 2.24) is 0 Å². The van der Waals surface area contributed by atoms with Gasteiger partial charge in [-0.15, -0.1) is 18.6 Å². The summed E-state index contributed by atoms with van der Waals surface area (Å²) >= 11 is 0. The molecule has 0 N–H and O–H groups in total. The first-order valence-corrected chi connectivity index (χ1v) is 9.55. The standard InChI is InChI=1S/C24H38/c1-5-9-13-14-16-20-24(19-15-10-6-2)22-21-23(17-11-7-3)18-12-8-4/h5,11-12,15-16,21H,1-4,6-10,13-14,17-20,22H2. The van der Waals surface area contributed by atoms with Gasteiger partial charge in [-0.05, 0) is 38.2 Å². The Morgan fingerprint density at radius 3 is 2.08 bits per heavy atom. The summed E-state index contributed by atoms with van der Waals surface area (Å²) in [6, 6.07) is 0. The highest BCUT2D eigenvalue weighted by Gasteiger charge is 2.09. The molecule has 0 heterocycles. The van der Waals surface area contributed by atoms with E-state index in [9.17, 15) is 0 Å². The average molecular weight is 327 g/mol. The average Bonchev–Trinajstić information content (AvgIpc) is 2.60. The summed E-state index contributed by atoms with van der Waals surface area (Å²) in [4.78, 5) is 0. The summed E-state index contributed by atoms with van der Waals surface area (Å²) in [5.74, 6) is 1.61. The molecule has 0 heteroatoms. The molecule has 0 aromatic carbocycles. The highest BCUT2D eigenvalue weighted by Crippen LogP contribution is 2.25. The Morgan fingerprint density at radius 1 is 0.917 bits per heavy atom. The van der Waals surface area contributed by atoms with Crippen molar-refractivity contribution in [2.24, 2.45) is 0 Å². The van der Waals surface area contributed by atoms with Gasteiger partial charge in [0.05, 0.1) is 13.3 Å². The third-order valence-corrected chi connectivity index (χ3v) is 3.99. The molecule has 0 aliphatic heterocycles. The number of hydrogen-bond acceptors (Lipinski definition) is 0. The van der Waals surface area contributed by atoms with Crippen LogP contribution in [0.1, 0.15) is 77.0 Å². The molecule has 0 rings (SSSR count). The van der Waals surface area contributed by atoms with Crippen molar-refractivity contribution in [2.45, 2.75) is 77.0 Å². The zero-order valence-electron chi connectivity index (χ0n) is 15.8. The number of unbranched alkanes of at least 4 members (excludes halogenated alkanes) is 7. The maximum Gasteiger partial charge on any atom is 0.102 e. The summed E-state index contributed by atoms with van der Waals surface area (Å²) in [7, 11) is 0. The maximum absolute atomic E-state index is 3.93. The Labute approximate surface area is 154 Å². The molecule has 24 heavy (non-hydrogen) atoms. The quantitative estimate of drug-likeness (QED) is 0.138. The SMILES string of the molecule is C=CCCC[CH-]C[C+](CC=C(C[CH-]C[CH2+])C[CH-]C[CH2+])C[CH-]CC[CH2+]. The molecule has 0 atom stereocenters. The second kappa shape index (κ2) is 18.3. The first-order chi connectivity index (χ1) is 11.8. The van der Waals surface area contributed by atoms with E-state index < -0.39 is 0 Å². The second-order valence-electron chi connectivity index (χ2n) is 6.23. The lowest BCUT2D eigenvalue weighted by Crippen LogP contribution is -1.99. The van der Waals surface area contributed by atoms with Crippen molar-refractivity contribution in [3.8, 4) is 0 Å². The lowest BCUT2D eigenvalue weighted by atomic mass is 9.90.